The van der Waals surface area contributed by atoms with Gasteiger partial charge in [-0.05, 0) is 48.7 Å². The quantitative estimate of drug-likeness (QED) is 0.683. The minimum atomic E-state index is -0.394. The molecule has 0 spiro atoms. The van der Waals surface area contributed by atoms with Gasteiger partial charge < -0.3 is 10.2 Å². The molecule has 1 saturated carbocycles. The summed E-state index contributed by atoms with van der Waals surface area (Å²) in [5.74, 6) is -0.766. The van der Waals surface area contributed by atoms with Crippen LogP contribution in [-0.4, -0.2) is 71.8 Å². The summed E-state index contributed by atoms with van der Waals surface area (Å²) in [6.07, 6.45) is 2.17. The monoisotopic (exact) mass is 442 g/mol. The van der Waals surface area contributed by atoms with Crippen molar-refractivity contribution in [3.05, 3.63) is 65.7 Å². The molecule has 8 heteroatoms. The number of nitrogens with one attached hydrogen (secondary N) is 1. The van der Waals surface area contributed by atoms with Crippen molar-refractivity contribution in [1.82, 2.24) is 14.7 Å². The largest absolute Gasteiger partial charge is 0.339 e. The maximum Gasteiger partial charge on any atom is 0.238 e. The first-order valence-electron chi connectivity index (χ1n) is 11.0. The Labute approximate surface area is 186 Å². The smallest absolute Gasteiger partial charge is 0.238 e. The molecular weight excluding hydrogens is 414 g/mol. The Morgan fingerprint density at radius 1 is 0.969 bits per heavy atom. The van der Waals surface area contributed by atoms with Gasteiger partial charge >= 0.3 is 0 Å². The summed E-state index contributed by atoms with van der Waals surface area (Å²) in [7, 11) is 0. The fourth-order valence-corrected chi connectivity index (χ4v) is 3.98. The zero-order valence-corrected chi connectivity index (χ0v) is 18.0. The minimum absolute atomic E-state index is 0.0860. The number of carbonyl (C=O) groups is 2. The second-order valence-electron chi connectivity index (χ2n) is 8.48. The third kappa shape index (κ3) is 6.34. The molecule has 1 aliphatic carbocycles. The van der Waals surface area contributed by atoms with Crippen LogP contribution in [0, 0.1) is 11.6 Å². The molecule has 6 nitrogen and oxygen atoms in total. The number of amides is 2. The number of rotatable bonds is 8. The molecule has 2 aromatic rings. The van der Waals surface area contributed by atoms with Crippen LogP contribution in [0.1, 0.15) is 18.4 Å². The Kier molecular flexibility index (Phi) is 7.12. The Morgan fingerprint density at radius 2 is 1.69 bits per heavy atom. The van der Waals surface area contributed by atoms with E-state index in [0.29, 0.717) is 51.0 Å². The summed E-state index contributed by atoms with van der Waals surface area (Å²) >= 11 is 0. The van der Waals surface area contributed by atoms with Crippen LogP contribution in [0.25, 0.3) is 0 Å². The molecule has 1 aliphatic heterocycles. The van der Waals surface area contributed by atoms with E-state index >= 15 is 0 Å². The van der Waals surface area contributed by atoms with Crippen molar-refractivity contribution in [1.29, 1.82) is 0 Å². The second kappa shape index (κ2) is 10.2. The third-order valence-corrected chi connectivity index (χ3v) is 5.90. The zero-order valence-electron chi connectivity index (χ0n) is 18.0. The molecule has 2 aliphatic rings. The predicted octanol–water partition coefficient (Wildman–Crippen LogP) is 2.71. The van der Waals surface area contributed by atoms with E-state index in [1.807, 2.05) is 9.80 Å². The van der Waals surface area contributed by atoms with Gasteiger partial charge in [-0.2, -0.15) is 0 Å². The predicted molar refractivity (Wildman–Crippen MR) is 118 cm³/mol. The highest BCUT2D eigenvalue weighted by molar-refractivity contribution is 5.92. The minimum Gasteiger partial charge on any atom is -0.339 e. The molecule has 1 saturated heterocycles. The average molecular weight is 443 g/mol. The van der Waals surface area contributed by atoms with E-state index in [2.05, 4.69) is 10.2 Å². The van der Waals surface area contributed by atoms with Crippen molar-refractivity contribution in [2.75, 3.05) is 44.6 Å². The molecule has 0 unspecified atom stereocenters. The van der Waals surface area contributed by atoms with Gasteiger partial charge in [-0.25, -0.2) is 8.78 Å². The number of hydrogen-bond acceptors (Lipinski definition) is 4. The third-order valence-electron chi connectivity index (χ3n) is 5.90. The van der Waals surface area contributed by atoms with Crippen LogP contribution in [-0.2, 0) is 16.1 Å². The van der Waals surface area contributed by atoms with Gasteiger partial charge in [0.15, 0.2) is 0 Å². The molecule has 1 heterocycles. The Bertz CT molecular complexity index is 941. The number of hydrogen-bond donors (Lipinski definition) is 1. The first kappa shape index (κ1) is 22.4. The van der Waals surface area contributed by atoms with Crippen molar-refractivity contribution >= 4 is 17.5 Å². The van der Waals surface area contributed by atoms with Gasteiger partial charge in [0, 0.05) is 44.5 Å². The highest BCUT2D eigenvalue weighted by Crippen LogP contribution is 2.28. The van der Waals surface area contributed by atoms with Crippen molar-refractivity contribution in [3.63, 3.8) is 0 Å². The molecule has 2 fully saturated rings. The van der Waals surface area contributed by atoms with Gasteiger partial charge in [-0.3, -0.25) is 19.4 Å². The lowest BCUT2D eigenvalue weighted by molar-refractivity contribution is -0.134. The van der Waals surface area contributed by atoms with Crippen molar-refractivity contribution < 1.29 is 18.4 Å². The van der Waals surface area contributed by atoms with Crippen molar-refractivity contribution in [3.8, 4) is 0 Å². The summed E-state index contributed by atoms with van der Waals surface area (Å²) in [6, 6.07) is 12.7. The van der Waals surface area contributed by atoms with Crippen LogP contribution in [0.15, 0.2) is 48.5 Å². The fourth-order valence-electron chi connectivity index (χ4n) is 3.98. The van der Waals surface area contributed by atoms with Crippen molar-refractivity contribution in [2.24, 2.45) is 0 Å². The maximum absolute atomic E-state index is 13.3. The summed E-state index contributed by atoms with van der Waals surface area (Å²) in [5.41, 5.74) is 1.44. The van der Waals surface area contributed by atoms with Crippen LogP contribution in [0.4, 0.5) is 14.5 Å². The van der Waals surface area contributed by atoms with E-state index in [-0.39, 0.29) is 24.2 Å². The van der Waals surface area contributed by atoms with E-state index in [0.717, 1.165) is 18.4 Å². The van der Waals surface area contributed by atoms with E-state index < -0.39 is 5.82 Å². The van der Waals surface area contributed by atoms with Crippen LogP contribution >= 0.6 is 0 Å². The first-order chi connectivity index (χ1) is 15.5. The number of piperazine rings is 1. The first-order valence-corrected chi connectivity index (χ1v) is 11.0. The topological polar surface area (TPSA) is 55.9 Å². The highest BCUT2D eigenvalue weighted by Gasteiger charge is 2.32. The standard InChI is InChI=1S/C24H28F2N4O2/c25-19-6-4-18(5-7-19)15-30(22-8-9-22)17-24(32)29-12-10-28(11-13-29)16-23(31)27-21-3-1-2-20(26)14-21/h1-7,14,22H,8-13,15-17H2,(H,27,31). The normalized spacial score (nSPS) is 16.9. The Morgan fingerprint density at radius 3 is 2.34 bits per heavy atom. The van der Waals surface area contributed by atoms with E-state index in [1.165, 1.54) is 24.3 Å². The van der Waals surface area contributed by atoms with Gasteiger partial charge in [0.2, 0.25) is 11.8 Å². The Hall–Kier alpha value is -2.84. The molecule has 32 heavy (non-hydrogen) atoms. The van der Waals surface area contributed by atoms with Gasteiger partial charge in [0.25, 0.3) is 0 Å². The molecular formula is C24H28F2N4O2. The van der Waals surface area contributed by atoms with Gasteiger partial charge in [0.1, 0.15) is 11.6 Å². The molecule has 2 amide bonds. The lowest BCUT2D eigenvalue weighted by atomic mass is 10.2. The molecule has 4 rings (SSSR count). The lowest BCUT2D eigenvalue weighted by Crippen LogP contribution is -2.52. The molecule has 0 aromatic heterocycles. The molecule has 170 valence electrons. The lowest BCUT2D eigenvalue weighted by Gasteiger charge is -2.35. The SMILES string of the molecule is O=C(CN1CCN(C(=O)CN(Cc2ccc(F)cc2)C2CC2)CC1)Nc1cccc(F)c1. The van der Waals surface area contributed by atoms with E-state index in [9.17, 15) is 18.4 Å². The number of carbonyl (C=O) groups excluding carboxylic acids is 2. The summed E-state index contributed by atoms with van der Waals surface area (Å²) in [5, 5.41) is 2.70. The maximum atomic E-state index is 13.3. The molecule has 1 N–H and O–H groups in total. The van der Waals surface area contributed by atoms with E-state index in [4.69, 9.17) is 0 Å². The van der Waals surface area contributed by atoms with Crippen LogP contribution < -0.4 is 5.32 Å². The van der Waals surface area contributed by atoms with Crippen LogP contribution in [0.2, 0.25) is 0 Å². The van der Waals surface area contributed by atoms with Gasteiger partial charge in [-0.15, -0.1) is 0 Å². The summed E-state index contributed by atoms with van der Waals surface area (Å²) in [4.78, 5) is 31.1. The molecule has 0 bridgehead atoms. The van der Waals surface area contributed by atoms with E-state index in [1.54, 1.807) is 24.3 Å². The number of benzene rings is 2. The number of anilines is 1. The van der Waals surface area contributed by atoms with Crippen LogP contribution in [0.3, 0.4) is 0 Å². The van der Waals surface area contributed by atoms with Crippen LogP contribution in [0.5, 0.6) is 0 Å². The highest BCUT2D eigenvalue weighted by atomic mass is 19.1. The summed E-state index contributed by atoms with van der Waals surface area (Å²) in [6.45, 7) is 3.56. The molecule has 2 aromatic carbocycles. The zero-order chi connectivity index (χ0) is 22.5. The average Bonchev–Trinajstić information content (AvgIpc) is 3.61. The summed E-state index contributed by atoms with van der Waals surface area (Å²) < 4.78 is 26.4. The second-order valence-corrected chi connectivity index (χ2v) is 8.48. The van der Waals surface area contributed by atoms with Crippen molar-refractivity contribution in [2.45, 2.75) is 25.4 Å². The Balaban J connectivity index is 1.23. The number of halogens is 2. The molecule has 0 radical (unpaired) electrons. The number of nitrogens with zero attached hydrogens (tertiary/aromatic N) is 3. The van der Waals surface area contributed by atoms with Gasteiger partial charge in [0.05, 0.1) is 13.1 Å². The van der Waals surface area contributed by atoms with Gasteiger partial charge in [-0.1, -0.05) is 18.2 Å². The molecule has 0 atom stereocenters. The fraction of sp³-hybridized carbons (Fsp3) is 0.417.